The molecular weight excluding hydrogens is 324 g/mol. The number of aliphatic hydroxyl groups excluding tert-OH is 1. The fraction of sp³-hybridized carbons (Fsp3) is 0.524. The lowest BCUT2D eigenvalue weighted by atomic mass is 9.74. The molecule has 0 saturated carbocycles. The molecule has 3 fully saturated rings. The van der Waals surface area contributed by atoms with Crippen LogP contribution < -0.4 is 4.90 Å². The number of nitrogens with zero attached hydrogens (tertiary/aromatic N) is 4. The van der Waals surface area contributed by atoms with Crippen LogP contribution in [0.25, 0.3) is 11.3 Å². The molecule has 0 spiro atoms. The molecule has 138 valence electrons. The van der Waals surface area contributed by atoms with Gasteiger partial charge in [-0.1, -0.05) is 12.1 Å². The van der Waals surface area contributed by atoms with E-state index in [1.807, 2.05) is 6.92 Å². The number of aryl methyl sites for hydroxylation is 1. The van der Waals surface area contributed by atoms with Gasteiger partial charge in [0.15, 0.2) is 0 Å². The summed E-state index contributed by atoms with van der Waals surface area (Å²) in [5, 5.41) is 9.60. The Kier molecular flexibility index (Phi) is 4.67. The monoisotopic (exact) mass is 352 g/mol. The SMILES string of the molecule is Cc1nc(-c2ccc(N(C)C)cc2)cc(C2CN3CCC2CC3CO)n1. The number of piperidine rings is 3. The largest absolute Gasteiger partial charge is 0.395 e. The van der Waals surface area contributed by atoms with Crippen LogP contribution in [-0.2, 0) is 0 Å². The summed E-state index contributed by atoms with van der Waals surface area (Å²) >= 11 is 0. The van der Waals surface area contributed by atoms with E-state index in [-0.39, 0.29) is 6.61 Å². The Hall–Kier alpha value is -1.98. The molecule has 5 rings (SSSR count). The van der Waals surface area contributed by atoms with E-state index in [1.54, 1.807) is 0 Å². The molecule has 1 aromatic carbocycles. The van der Waals surface area contributed by atoms with Crippen molar-refractivity contribution in [2.45, 2.75) is 31.7 Å². The highest BCUT2D eigenvalue weighted by atomic mass is 16.3. The van der Waals surface area contributed by atoms with Gasteiger partial charge in [0.05, 0.1) is 12.3 Å². The first-order valence-corrected chi connectivity index (χ1v) is 9.53. The molecule has 5 heteroatoms. The van der Waals surface area contributed by atoms with E-state index >= 15 is 0 Å². The van der Waals surface area contributed by atoms with Gasteiger partial charge in [0, 0.05) is 49.5 Å². The lowest BCUT2D eigenvalue weighted by molar-refractivity contribution is 0.00182. The lowest BCUT2D eigenvalue weighted by Crippen LogP contribution is -2.53. The summed E-state index contributed by atoms with van der Waals surface area (Å²) in [6.07, 6.45) is 2.29. The highest BCUT2D eigenvalue weighted by Crippen LogP contribution is 2.41. The van der Waals surface area contributed by atoms with E-state index in [2.05, 4.69) is 59.2 Å². The van der Waals surface area contributed by atoms with Gasteiger partial charge in [-0.15, -0.1) is 0 Å². The van der Waals surface area contributed by atoms with Crippen LogP contribution in [0.15, 0.2) is 30.3 Å². The molecule has 1 N–H and O–H groups in total. The van der Waals surface area contributed by atoms with E-state index in [1.165, 1.54) is 12.1 Å². The molecule has 0 radical (unpaired) electrons. The van der Waals surface area contributed by atoms with E-state index in [0.29, 0.717) is 17.9 Å². The van der Waals surface area contributed by atoms with Gasteiger partial charge in [-0.05, 0) is 50.4 Å². The summed E-state index contributed by atoms with van der Waals surface area (Å²) in [6.45, 7) is 4.37. The Balaban J connectivity index is 1.63. The van der Waals surface area contributed by atoms with Crippen LogP contribution in [0, 0.1) is 12.8 Å². The van der Waals surface area contributed by atoms with Crippen LogP contribution in [0.3, 0.4) is 0 Å². The average Bonchev–Trinajstić information content (AvgIpc) is 2.67. The highest BCUT2D eigenvalue weighted by molar-refractivity contribution is 5.63. The van der Waals surface area contributed by atoms with Crippen LogP contribution in [0.2, 0.25) is 0 Å². The van der Waals surface area contributed by atoms with Crippen molar-refractivity contribution in [2.75, 3.05) is 38.7 Å². The summed E-state index contributed by atoms with van der Waals surface area (Å²) in [6, 6.07) is 11.1. The van der Waals surface area contributed by atoms with Crippen molar-refractivity contribution >= 4 is 5.69 Å². The second kappa shape index (κ2) is 6.97. The first-order valence-electron chi connectivity index (χ1n) is 9.53. The molecule has 3 saturated heterocycles. The quantitative estimate of drug-likeness (QED) is 0.917. The second-order valence-corrected chi connectivity index (χ2v) is 7.89. The third-order valence-electron chi connectivity index (χ3n) is 6.01. The van der Waals surface area contributed by atoms with Gasteiger partial charge < -0.3 is 10.0 Å². The van der Waals surface area contributed by atoms with Crippen molar-refractivity contribution in [3.8, 4) is 11.3 Å². The minimum Gasteiger partial charge on any atom is -0.395 e. The molecule has 3 aliphatic rings. The molecule has 0 aliphatic carbocycles. The van der Waals surface area contributed by atoms with E-state index in [0.717, 1.165) is 42.3 Å². The molecule has 2 bridgehead atoms. The second-order valence-electron chi connectivity index (χ2n) is 7.89. The van der Waals surface area contributed by atoms with Crippen molar-refractivity contribution in [2.24, 2.45) is 5.92 Å². The Morgan fingerprint density at radius 1 is 1.19 bits per heavy atom. The van der Waals surface area contributed by atoms with Crippen molar-refractivity contribution < 1.29 is 5.11 Å². The van der Waals surface area contributed by atoms with Gasteiger partial charge in [0.2, 0.25) is 0 Å². The summed E-state index contributed by atoms with van der Waals surface area (Å²) < 4.78 is 0. The maximum Gasteiger partial charge on any atom is 0.126 e. The minimum atomic E-state index is 0.273. The van der Waals surface area contributed by atoms with Crippen LogP contribution in [0.4, 0.5) is 5.69 Å². The molecular formula is C21H28N4O. The normalized spacial score (nSPS) is 27.5. The average molecular weight is 352 g/mol. The first-order chi connectivity index (χ1) is 12.5. The molecule has 0 amide bonds. The van der Waals surface area contributed by atoms with Crippen molar-refractivity contribution in [1.29, 1.82) is 0 Å². The molecule has 4 atom stereocenters. The van der Waals surface area contributed by atoms with Gasteiger partial charge in [-0.25, -0.2) is 9.97 Å². The van der Waals surface area contributed by atoms with E-state index in [4.69, 9.17) is 4.98 Å². The van der Waals surface area contributed by atoms with Gasteiger partial charge in [0.1, 0.15) is 5.82 Å². The zero-order valence-electron chi connectivity index (χ0n) is 15.9. The highest BCUT2D eigenvalue weighted by Gasteiger charge is 2.41. The van der Waals surface area contributed by atoms with Gasteiger partial charge in [-0.3, -0.25) is 4.90 Å². The third kappa shape index (κ3) is 3.21. The standard InChI is InChI=1S/C21H28N4O/c1-14-22-20(15-4-6-17(7-5-15)24(2)3)11-21(23-14)19-12-25-9-8-16(19)10-18(25)13-26/h4-7,11,16,18-19,26H,8-10,12-13H2,1-3H3. The van der Waals surface area contributed by atoms with Gasteiger partial charge in [-0.2, -0.15) is 0 Å². The first kappa shape index (κ1) is 17.4. The number of aromatic nitrogens is 2. The summed E-state index contributed by atoms with van der Waals surface area (Å²) in [5.41, 5.74) is 4.49. The maximum atomic E-state index is 9.60. The van der Waals surface area contributed by atoms with Gasteiger partial charge in [0.25, 0.3) is 0 Å². The van der Waals surface area contributed by atoms with Crippen molar-refractivity contribution in [3.05, 3.63) is 41.9 Å². The number of aliphatic hydroxyl groups is 1. The summed E-state index contributed by atoms with van der Waals surface area (Å²) in [4.78, 5) is 14.0. The molecule has 1 aromatic heterocycles. The van der Waals surface area contributed by atoms with Crippen LogP contribution in [0.5, 0.6) is 0 Å². The molecule has 3 aliphatic heterocycles. The zero-order chi connectivity index (χ0) is 18.3. The Bertz CT molecular complexity index is 774. The zero-order valence-corrected chi connectivity index (χ0v) is 15.9. The Labute approximate surface area is 155 Å². The van der Waals surface area contributed by atoms with Crippen molar-refractivity contribution in [1.82, 2.24) is 14.9 Å². The molecule has 5 nitrogen and oxygen atoms in total. The smallest absolute Gasteiger partial charge is 0.126 e. The lowest BCUT2D eigenvalue weighted by Gasteiger charge is -2.49. The predicted octanol–water partition coefficient (Wildman–Crippen LogP) is 2.69. The number of anilines is 1. The number of benzene rings is 1. The Morgan fingerprint density at radius 3 is 2.58 bits per heavy atom. The summed E-state index contributed by atoms with van der Waals surface area (Å²) in [7, 11) is 4.10. The Morgan fingerprint density at radius 2 is 1.96 bits per heavy atom. The van der Waals surface area contributed by atoms with Crippen LogP contribution >= 0.6 is 0 Å². The topological polar surface area (TPSA) is 52.5 Å². The fourth-order valence-electron chi connectivity index (χ4n) is 4.52. The third-order valence-corrected chi connectivity index (χ3v) is 6.01. The number of hydrogen-bond acceptors (Lipinski definition) is 5. The maximum absolute atomic E-state index is 9.60. The van der Waals surface area contributed by atoms with Crippen molar-refractivity contribution in [3.63, 3.8) is 0 Å². The molecule has 26 heavy (non-hydrogen) atoms. The fourth-order valence-corrected chi connectivity index (χ4v) is 4.52. The van der Waals surface area contributed by atoms with Crippen LogP contribution in [-0.4, -0.2) is 59.8 Å². The summed E-state index contributed by atoms with van der Waals surface area (Å²) in [5.74, 6) is 1.91. The number of hydrogen-bond donors (Lipinski definition) is 1. The molecule has 2 aromatic rings. The van der Waals surface area contributed by atoms with Crippen LogP contribution in [0.1, 0.15) is 30.3 Å². The number of fused-ring (bicyclic) bond motifs is 3. The minimum absolute atomic E-state index is 0.273. The predicted molar refractivity (Wildman–Crippen MR) is 104 cm³/mol. The van der Waals surface area contributed by atoms with E-state index in [9.17, 15) is 5.11 Å². The van der Waals surface area contributed by atoms with E-state index < -0.39 is 0 Å². The number of rotatable bonds is 4. The molecule has 4 heterocycles. The molecule has 4 unspecified atom stereocenters. The van der Waals surface area contributed by atoms with Gasteiger partial charge >= 0.3 is 0 Å².